The molecule has 0 radical (unpaired) electrons. The molecule has 1 heterocycles. The molecule has 2 atom stereocenters. The van der Waals surface area contributed by atoms with Gasteiger partial charge in [-0.25, -0.2) is 0 Å². The summed E-state index contributed by atoms with van der Waals surface area (Å²) in [7, 11) is 0. The van der Waals surface area contributed by atoms with Crippen LogP contribution in [0.25, 0.3) is 0 Å². The third-order valence-corrected chi connectivity index (χ3v) is 3.79. The number of aliphatic hydroxyl groups is 2. The molecule has 1 aromatic carbocycles. The third-order valence-electron chi connectivity index (χ3n) is 3.47. The number of halogens is 1. The van der Waals surface area contributed by atoms with Crippen LogP contribution < -0.4 is 4.90 Å². The van der Waals surface area contributed by atoms with Crippen molar-refractivity contribution in [1.29, 1.82) is 0 Å². The maximum absolute atomic E-state index is 10.1. The number of piperidine rings is 1. The Bertz CT molecular complexity index is 359. The summed E-state index contributed by atoms with van der Waals surface area (Å²) in [6.45, 7) is 2.03. The molecule has 0 bridgehead atoms. The lowest BCUT2D eigenvalue weighted by Crippen LogP contribution is -2.31. The summed E-state index contributed by atoms with van der Waals surface area (Å²) in [5.74, 6) is 0.0372. The van der Waals surface area contributed by atoms with Gasteiger partial charge in [-0.05, 0) is 25.3 Å². The largest absolute Gasteiger partial charge is 0.389 e. The topological polar surface area (TPSA) is 43.7 Å². The van der Waals surface area contributed by atoms with Gasteiger partial charge in [0.05, 0.1) is 12.0 Å². The van der Waals surface area contributed by atoms with E-state index in [1.165, 1.54) is 19.3 Å². The Balaban J connectivity index is 2.24. The minimum Gasteiger partial charge on any atom is -0.389 e. The molecule has 2 unspecified atom stereocenters. The highest BCUT2D eigenvalue weighted by Gasteiger charge is 2.23. The van der Waals surface area contributed by atoms with Crippen LogP contribution in [0.3, 0.4) is 0 Å². The molecule has 1 fully saturated rings. The van der Waals surface area contributed by atoms with E-state index in [0.29, 0.717) is 0 Å². The second kappa shape index (κ2) is 6.41. The van der Waals surface area contributed by atoms with Crippen LogP contribution in [0.2, 0.25) is 0 Å². The first kappa shape index (κ1) is 13.7. The van der Waals surface area contributed by atoms with Crippen molar-refractivity contribution in [2.24, 2.45) is 0 Å². The van der Waals surface area contributed by atoms with Crippen molar-refractivity contribution in [3.8, 4) is 0 Å². The van der Waals surface area contributed by atoms with E-state index < -0.39 is 12.2 Å². The summed E-state index contributed by atoms with van der Waals surface area (Å²) < 4.78 is 0. The summed E-state index contributed by atoms with van der Waals surface area (Å²) in [5.41, 5.74) is 1.79. The van der Waals surface area contributed by atoms with E-state index in [1.807, 2.05) is 24.3 Å². The van der Waals surface area contributed by atoms with E-state index in [-0.39, 0.29) is 5.88 Å². The zero-order valence-electron chi connectivity index (χ0n) is 10.4. The van der Waals surface area contributed by atoms with Crippen molar-refractivity contribution in [3.63, 3.8) is 0 Å². The Morgan fingerprint density at radius 3 is 2.44 bits per heavy atom. The number of aliphatic hydroxyl groups excluding tert-OH is 2. The van der Waals surface area contributed by atoms with Crippen LogP contribution in [0.4, 0.5) is 5.69 Å². The average molecular weight is 270 g/mol. The van der Waals surface area contributed by atoms with Crippen LogP contribution in [-0.4, -0.2) is 35.3 Å². The molecule has 18 heavy (non-hydrogen) atoms. The van der Waals surface area contributed by atoms with Gasteiger partial charge < -0.3 is 15.1 Å². The molecule has 1 aliphatic heterocycles. The molecule has 2 rings (SSSR count). The van der Waals surface area contributed by atoms with Crippen molar-refractivity contribution in [2.75, 3.05) is 23.9 Å². The van der Waals surface area contributed by atoms with Crippen LogP contribution in [-0.2, 0) is 0 Å². The highest BCUT2D eigenvalue weighted by atomic mass is 35.5. The van der Waals surface area contributed by atoms with Gasteiger partial charge in [-0.2, -0.15) is 0 Å². The van der Waals surface area contributed by atoms with Gasteiger partial charge in [-0.1, -0.05) is 18.2 Å². The number of anilines is 1. The average Bonchev–Trinajstić information content (AvgIpc) is 2.46. The molecule has 0 aromatic heterocycles. The molecule has 3 nitrogen and oxygen atoms in total. The van der Waals surface area contributed by atoms with Crippen LogP contribution in [0, 0.1) is 0 Å². The van der Waals surface area contributed by atoms with Crippen molar-refractivity contribution in [1.82, 2.24) is 0 Å². The molecule has 0 saturated carbocycles. The minimum absolute atomic E-state index is 0.0372. The minimum atomic E-state index is -0.919. The summed E-state index contributed by atoms with van der Waals surface area (Å²) in [5, 5.41) is 19.8. The smallest absolute Gasteiger partial charge is 0.108 e. The standard InChI is InChI=1S/C14H20ClNO2/c15-10-13(17)14(18)11-6-2-3-7-12(11)16-8-4-1-5-9-16/h2-3,6-7,13-14,17-18H,1,4-5,8-10H2. The number of para-hydroxylation sites is 1. The summed E-state index contributed by atoms with van der Waals surface area (Å²) in [4.78, 5) is 2.28. The highest BCUT2D eigenvalue weighted by molar-refractivity contribution is 6.18. The van der Waals surface area contributed by atoms with Gasteiger partial charge in [0.15, 0.2) is 0 Å². The van der Waals surface area contributed by atoms with E-state index in [2.05, 4.69) is 4.90 Å². The van der Waals surface area contributed by atoms with Gasteiger partial charge in [-0.3, -0.25) is 0 Å². The SMILES string of the molecule is OC(CCl)C(O)c1ccccc1N1CCCCC1. The fourth-order valence-corrected chi connectivity index (χ4v) is 2.62. The van der Waals surface area contributed by atoms with E-state index >= 15 is 0 Å². The molecule has 0 amide bonds. The van der Waals surface area contributed by atoms with Gasteiger partial charge in [0.2, 0.25) is 0 Å². The zero-order chi connectivity index (χ0) is 13.0. The third kappa shape index (κ3) is 2.97. The lowest BCUT2D eigenvalue weighted by atomic mass is 10.0. The van der Waals surface area contributed by atoms with Crippen molar-refractivity contribution in [2.45, 2.75) is 31.5 Å². The lowest BCUT2D eigenvalue weighted by Gasteiger charge is -2.32. The van der Waals surface area contributed by atoms with E-state index in [4.69, 9.17) is 11.6 Å². The van der Waals surface area contributed by atoms with Gasteiger partial charge in [0.1, 0.15) is 6.10 Å². The van der Waals surface area contributed by atoms with Gasteiger partial charge in [0, 0.05) is 24.3 Å². The first-order chi connectivity index (χ1) is 8.74. The number of benzene rings is 1. The molecule has 0 spiro atoms. The lowest BCUT2D eigenvalue weighted by molar-refractivity contribution is 0.0329. The first-order valence-electron chi connectivity index (χ1n) is 6.50. The number of nitrogens with zero attached hydrogens (tertiary/aromatic N) is 1. The molecular weight excluding hydrogens is 250 g/mol. The number of rotatable bonds is 4. The summed E-state index contributed by atoms with van der Waals surface area (Å²) >= 11 is 5.61. The monoisotopic (exact) mass is 269 g/mol. The fourth-order valence-electron chi connectivity index (χ4n) is 2.45. The molecule has 1 aromatic rings. The van der Waals surface area contributed by atoms with Crippen molar-refractivity contribution >= 4 is 17.3 Å². The predicted octanol–water partition coefficient (Wildman–Crippen LogP) is 2.31. The molecule has 100 valence electrons. The molecule has 1 saturated heterocycles. The Labute approximate surface area is 113 Å². The molecule has 0 aliphatic carbocycles. The molecule has 1 aliphatic rings. The van der Waals surface area contributed by atoms with Crippen LogP contribution in [0.15, 0.2) is 24.3 Å². The van der Waals surface area contributed by atoms with Crippen molar-refractivity contribution in [3.05, 3.63) is 29.8 Å². The quantitative estimate of drug-likeness (QED) is 0.825. The first-order valence-corrected chi connectivity index (χ1v) is 7.03. The van der Waals surface area contributed by atoms with E-state index in [9.17, 15) is 10.2 Å². The Morgan fingerprint density at radius 1 is 1.11 bits per heavy atom. The number of alkyl halides is 1. The fraction of sp³-hybridized carbons (Fsp3) is 0.571. The van der Waals surface area contributed by atoms with E-state index in [0.717, 1.165) is 24.3 Å². The van der Waals surface area contributed by atoms with Gasteiger partial charge in [0.25, 0.3) is 0 Å². The predicted molar refractivity (Wildman–Crippen MR) is 74.2 cm³/mol. The Hall–Kier alpha value is -0.770. The zero-order valence-corrected chi connectivity index (χ0v) is 11.2. The van der Waals surface area contributed by atoms with Gasteiger partial charge in [-0.15, -0.1) is 11.6 Å². The maximum atomic E-state index is 10.1. The molecule has 4 heteroatoms. The maximum Gasteiger partial charge on any atom is 0.108 e. The second-order valence-electron chi connectivity index (χ2n) is 4.77. The Kier molecular flexibility index (Phi) is 4.87. The summed E-state index contributed by atoms with van der Waals surface area (Å²) in [6.07, 6.45) is 1.80. The van der Waals surface area contributed by atoms with Crippen LogP contribution >= 0.6 is 11.6 Å². The highest BCUT2D eigenvalue weighted by Crippen LogP contribution is 2.30. The van der Waals surface area contributed by atoms with Gasteiger partial charge >= 0.3 is 0 Å². The second-order valence-corrected chi connectivity index (χ2v) is 5.08. The van der Waals surface area contributed by atoms with Crippen molar-refractivity contribution < 1.29 is 10.2 Å². The summed E-state index contributed by atoms with van der Waals surface area (Å²) in [6, 6.07) is 7.72. The van der Waals surface area contributed by atoms with Crippen LogP contribution in [0.5, 0.6) is 0 Å². The van der Waals surface area contributed by atoms with Crippen LogP contribution in [0.1, 0.15) is 30.9 Å². The normalized spacial score (nSPS) is 19.6. The Morgan fingerprint density at radius 2 is 1.78 bits per heavy atom. The molecule has 2 N–H and O–H groups in total. The van der Waals surface area contributed by atoms with E-state index in [1.54, 1.807) is 0 Å². The number of hydrogen-bond donors (Lipinski definition) is 2. The number of hydrogen-bond acceptors (Lipinski definition) is 3. The molecular formula is C14H20ClNO2.